The van der Waals surface area contributed by atoms with Crippen LogP contribution in [0.1, 0.15) is 25.7 Å². The SMILES string of the molecule is CN(c1ncnc2[nH]ccc12)[C@H]1C[C@@H](CS(=O)(=O)CCCC(F)(F)F)C1. The Labute approximate surface area is 149 Å². The van der Waals surface area contributed by atoms with Crippen molar-refractivity contribution in [2.75, 3.05) is 23.5 Å². The fourth-order valence-corrected chi connectivity index (χ4v) is 5.14. The Hall–Kier alpha value is -1.84. The lowest BCUT2D eigenvalue weighted by molar-refractivity contribution is -0.134. The van der Waals surface area contributed by atoms with Crippen molar-refractivity contribution < 1.29 is 21.6 Å². The molecule has 2 heterocycles. The van der Waals surface area contributed by atoms with Gasteiger partial charge >= 0.3 is 6.18 Å². The van der Waals surface area contributed by atoms with Crippen molar-refractivity contribution in [1.29, 1.82) is 0 Å². The largest absolute Gasteiger partial charge is 0.389 e. The predicted octanol–water partition coefficient (Wildman–Crippen LogP) is 2.93. The van der Waals surface area contributed by atoms with Gasteiger partial charge in [0.15, 0.2) is 9.84 Å². The van der Waals surface area contributed by atoms with E-state index >= 15 is 0 Å². The third kappa shape index (κ3) is 4.46. The second-order valence-corrected chi connectivity index (χ2v) is 9.10. The second-order valence-electron chi connectivity index (χ2n) is 6.87. The summed E-state index contributed by atoms with van der Waals surface area (Å²) in [5, 5.41) is 0.901. The number of fused-ring (bicyclic) bond motifs is 1. The highest BCUT2D eigenvalue weighted by Crippen LogP contribution is 2.36. The molecule has 0 aromatic carbocycles. The van der Waals surface area contributed by atoms with Crippen LogP contribution in [0.4, 0.5) is 19.0 Å². The van der Waals surface area contributed by atoms with Gasteiger partial charge in [-0.15, -0.1) is 0 Å². The summed E-state index contributed by atoms with van der Waals surface area (Å²) in [4.78, 5) is 13.5. The number of nitrogens with zero attached hydrogens (tertiary/aromatic N) is 3. The minimum absolute atomic E-state index is 0.0121. The van der Waals surface area contributed by atoms with E-state index in [0.717, 1.165) is 16.9 Å². The summed E-state index contributed by atoms with van der Waals surface area (Å²) < 4.78 is 60.4. The molecule has 1 N–H and O–H groups in total. The van der Waals surface area contributed by atoms with Gasteiger partial charge in [0.25, 0.3) is 0 Å². The Morgan fingerprint density at radius 1 is 1.31 bits per heavy atom. The number of H-pyrrole nitrogens is 1. The van der Waals surface area contributed by atoms with Gasteiger partial charge in [-0.05, 0) is 31.2 Å². The molecular formula is C16H21F3N4O2S. The monoisotopic (exact) mass is 390 g/mol. The summed E-state index contributed by atoms with van der Waals surface area (Å²) >= 11 is 0. The highest BCUT2D eigenvalue weighted by atomic mass is 32.2. The van der Waals surface area contributed by atoms with Crippen molar-refractivity contribution in [2.24, 2.45) is 5.92 Å². The van der Waals surface area contributed by atoms with Gasteiger partial charge < -0.3 is 9.88 Å². The predicted molar refractivity (Wildman–Crippen MR) is 92.7 cm³/mol. The van der Waals surface area contributed by atoms with E-state index < -0.39 is 28.2 Å². The zero-order valence-corrected chi connectivity index (χ0v) is 15.1. The number of aromatic nitrogens is 3. The summed E-state index contributed by atoms with van der Waals surface area (Å²) in [6, 6.07) is 2.06. The van der Waals surface area contributed by atoms with E-state index in [1.807, 2.05) is 18.0 Å². The maximum absolute atomic E-state index is 12.1. The van der Waals surface area contributed by atoms with Gasteiger partial charge in [-0.1, -0.05) is 0 Å². The first-order chi connectivity index (χ1) is 12.1. The first-order valence-electron chi connectivity index (χ1n) is 8.43. The van der Waals surface area contributed by atoms with Crippen LogP contribution in [0.5, 0.6) is 0 Å². The van der Waals surface area contributed by atoms with Crippen molar-refractivity contribution in [1.82, 2.24) is 15.0 Å². The van der Waals surface area contributed by atoms with E-state index in [-0.39, 0.29) is 24.1 Å². The maximum atomic E-state index is 12.1. The van der Waals surface area contributed by atoms with Crippen LogP contribution in [0.25, 0.3) is 11.0 Å². The molecule has 0 unspecified atom stereocenters. The summed E-state index contributed by atoms with van der Waals surface area (Å²) in [5.74, 6) is 0.326. The molecule has 0 amide bonds. The Bertz CT molecular complexity index is 860. The number of hydrogen-bond donors (Lipinski definition) is 1. The molecule has 2 aromatic rings. The highest BCUT2D eigenvalue weighted by molar-refractivity contribution is 7.91. The van der Waals surface area contributed by atoms with Crippen molar-refractivity contribution in [3.8, 4) is 0 Å². The molecule has 144 valence electrons. The summed E-state index contributed by atoms with van der Waals surface area (Å²) in [7, 11) is -1.54. The summed E-state index contributed by atoms with van der Waals surface area (Å²) in [5.41, 5.74) is 0.741. The number of sulfone groups is 1. The molecule has 0 bridgehead atoms. The smallest absolute Gasteiger partial charge is 0.356 e. The Balaban J connectivity index is 1.51. The van der Waals surface area contributed by atoms with Crippen LogP contribution in [0.3, 0.4) is 0 Å². The zero-order chi connectivity index (χ0) is 18.9. The van der Waals surface area contributed by atoms with Crippen LogP contribution >= 0.6 is 0 Å². The van der Waals surface area contributed by atoms with Gasteiger partial charge in [-0.2, -0.15) is 13.2 Å². The third-order valence-electron chi connectivity index (χ3n) is 4.83. The van der Waals surface area contributed by atoms with Crippen LogP contribution in [0.15, 0.2) is 18.6 Å². The van der Waals surface area contributed by atoms with Crippen LogP contribution in [0.2, 0.25) is 0 Å². The third-order valence-corrected chi connectivity index (χ3v) is 6.72. The van der Waals surface area contributed by atoms with Gasteiger partial charge in [0, 0.05) is 25.7 Å². The molecule has 1 aliphatic rings. The zero-order valence-electron chi connectivity index (χ0n) is 14.3. The minimum Gasteiger partial charge on any atom is -0.356 e. The van der Waals surface area contributed by atoms with Crippen molar-refractivity contribution in [3.05, 3.63) is 18.6 Å². The lowest BCUT2D eigenvalue weighted by atomic mass is 9.81. The average Bonchev–Trinajstić information content (AvgIpc) is 2.96. The fourth-order valence-electron chi connectivity index (χ4n) is 3.40. The van der Waals surface area contributed by atoms with E-state index in [4.69, 9.17) is 0 Å². The number of halogens is 3. The van der Waals surface area contributed by atoms with E-state index in [1.54, 1.807) is 6.20 Å². The highest BCUT2D eigenvalue weighted by Gasteiger charge is 2.36. The molecule has 2 aromatic heterocycles. The number of rotatable bonds is 7. The number of aromatic amines is 1. The quantitative estimate of drug-likeness (QED) is 0.786. The first-order valence-corrected chi connectivity index (χ1v) is 10.2. The van der Waals surface area contributed by atoms with Gasteiger partial charge in [-0.3, -0.25) is 0 Å². The van der Waals surface area contributed by atoms with Gasteiger partial charge in [0.05, 0.1) is 16.9 Å². The lowest BCUT2D eigenvalue weighted by Crippen LogP contribution is -2.45. The molecule has 0 spiro atoms. The van der Waals surface area contributed by atoms with Gasteiger partial charge in [0.2, 0.25) is 0 Å². The molecule has 1 fully saturated rings. The molecule has 1 aliphatic carbocycles. The lowest BCUT2D eigenvalue weighted by Gasteiger charge is -2.41. The summed E-state index contributed by atoms with van der Waals surface area (Å²) in [6.45, 7) is 0. The average molecular weight is 390 g/mol. The van der Waals surface area contributed by atoms with Gasteiger partial charge in [0.1, 0.15) is 17.8 Å². The van der Waals surface area contributed by atoms with Crippen LogP contribution in [0, 0.1) is 5.92 Å². The molecule has 0 aliphatic heterocycles. The molecular weight excluding hydrogens is 369 g/mol. The molecule has 10 heteroatoms. The molecule has 0 saturated heterocycles. The van der Waals surface area contributed by atoms with Crippen molar-refractivity contribution in [3.63, 3.8) is 0 Å². The van der Waals surface area contributed by atoms with Crippen LogP contribution < -0.4 is 4.90 Å². The first kappa shape index (κ1) is 18.9. The van der Waals surface area contributed by atoms with Crippen molar-refractivity contribution in [2.45, 2.75) is 37.9 Å². The molecule has 0 radical (unpaired) electrons. The number of nitrogens with one attached hydrogen (secondary N) is 1. The molecule has 1 saturated carbocycles. The normalized spacial score (nSPS) is 20.9. The van der Waals surface area contributed by atoms with Gasteiger partial charge in [-0.25, -0.2) is 18.4 Å². The Kier molecular flexibility index (Phi) is 5.14. The topological polar surface area (TPSA) is 79.0 Å². The Morgan fingerprint density at radius 3 is 2.73 bits per heavy atom. The number of hydrogen-bond acceptors (Lipinski definition) is 5. The van der Waals surface area contributed by atoms with E-state index in [0.29, 0.717) is 12.8 Å². The molecule has 3 rings (SSSR count). The Morgan fingerprint density at radius 2 is 2.04 bits per heavy atom. The van der Waals surface area contributed by atoms with Crippen molar-refractivity contribution >= 4 is 26.7 Å². The number of alkyl halides is 3. The van der Waals surface area contributed by atoms with Crippen LogP contribution in [-0.2, 0) is 9.84 Å². The molecule has 0 atom stereocenters. The summed E-state index contributed by atoms with van der Waals surface area (Å²) in [6.07, 6.45) is -1.09. The number of anilines is 1. The standard InChI is InChI=1S/C16H21F3N4O2S/c1-23(15-13-3-5-20-14(13)21-10-22-15)12-7-11(8-12)9-26(24,25)6-2-4-16(17,18)19/h3,5,10-12H,2,4,6-9H2,1H3,(H,20,21,22)/t11-,12+. The van der Waals surface area contributed by atoms with E-state index in [9.17, 15) is 21.6 Å². The molecule has 26 heavy (non-hydrogen) atoms. The fraction of sp³-hybridized carbons (Fsp3) is 0.625. The maximum Gasteiger partial charge on any atom is 0.389 e. The minimum atomic E-state index is -4.30. The van der Waals surface area contributed by atoms with Crippen LogP contribution in [-0.4, -0.2) is 54.1 Å². The van der Waals surface area contributed by atoms with E-state index in [1.165, 1.54) is 6.33 Å². The van der Waals surface area contributed by atoms with E-state index in [2.05, 4.69) is 15.0 Å². The second kappa shape index (κ2) is 7.05. The molecule has 6 nitrogen and oxygen atoms in total.